The van der Waals surface area contributed by atoms with Gasteiger partial charge in [-0.25, -0.2) is 4.98 Å². The first-order chi connectivity index (χ1) is 10.3. The van der Waals surface area contributed by atoms with Gasteiger partial charge in [-0.1, -0.05) is 25.1 Å². The lowest BCUT2D eigenvalue weighted by molar-refractivity contribution is -0.122. The molecular formula is C16H20N4O. The number of hydrogen-bond acceptors (Lipinski definition) is 3. The number of imidazole rings is 1. The number of fused-ring (bicyclic) bond motifs is 1. The van der Waals surface area contributed by atoms with Gasteiger partial charge in [0, 0.05) is 37.0 Å². The van der Waals surface area contributed by atoms with E-state index >= 15 is 0 Å². The Morgan fingerprint density at radius 1 is 1.48 bits per heavy atom. The molecule has 1 aliphatic rings. The van der Waals surface area contributed by atoms with Crippen LogP contribution in [0.1, 0.15) is 43.1 Å². The van der Waals surface area contributed by atoms with Gasteiger partial charge >= 0.3 is 0 Å². The highest BCUT2D eigenvalue weighted by molar-refractivity contribution is 5.78. The number of nitrogens with zero attached hydrogens (tertiary/aromatic N) is 1. The number of anilines is 1. The summed E-state index contributed by atoms with van der Waals surface area (Å²) in [5.74, 6) is 1.13. The van der Waals surface area contributed by atoms with Crippen LogP contribution in [0.3, 0.4) is 0 Å². The van der Waals surface area contributed by atoms with Gasteiger partial charge in [-0.3, -0.25) is 4.79 Å². The normalized spacial score (nSPS) is 17.9. The maximum absolute atomic E-state index is 12.3. The maximum Gasteiger partial charge on any atom is 0.221 e. The van der Waals surface area contributed by atoms with E-state index in [2.05, 4.69) is 32.7 Å². The minimum Gasteiger partial charge on any atom is -0.384 e. The Morgan fingerprint density at radius 3 is 3.10 bits per heavy atom. The van der Waals surface area contributed by atoms with Crippen molar-refractivity contribution in [3.05, 3.63) is 48.0 Å². The lowest BCUT2D eigenvalue weighted by Crippen LogP contribution is -2.30. The number of para-hydroxylation sites is 1. The molecule has 2 atom stereocenters. The number of nitrogens with one attached hydrogen (secondary N) is 3. The van der Waals surface area contributed by atoms with Crippen molar-refractivity contribution in [2.24, 2.45) is 0 Å². The zero-order chi connectivity index (χ0) is 14.7. The number of benzene rings is 1. The molecule has 1 aromatic heterocycles. The largest absolute Gasteiger partial charge is 0.384 e. The van der Waals surface area contributed by atoms with Crippen LogP contribution in [0.2, 0.25) is 0 Å². The molecule has 2 heterocycles. The van der Waals surface area contributed by atoms with Crippen molar-refractivity contribution < 1.29 is 4.79 Å². The Kier molecular flexibility index (Phi) is 3.90. The fourth-order valence-electron chi connectivity index (χ4n) is 2.85. The molecule has 0 saturated heterocycles. The molecular weight excluding hydrogens is 264 g/mol. The SMILES string of the molecule is CCC(NC(=O)CC1CNc2ccccc21)c1ncc[nH]1. The highest BCUT2D eigenvalue weighted by Crippen LogP contribution is 2.33. The van der Waals surface area contributed by atoms with E-state index in [0.717, 1.165) is 24.5 Å². The van der Waals surface area contributed by atoms with Gasteiger partial charge in [0.1, 0.15) is 5.82 Å². The van der Waals surface area contributed by atoms with Crippen molar-refractivity contribution in [3.8, 4) is 0 Å². The van der Waals surface area contributed by atoms with Crippen LogP contribution in [0.4, 0.5) is 5.69 Å². The number of aromatic nitrogens is 2. The standard InChI is InChI=1S/C16H20N4O/c1-2-13(16-17-7-8-18-16)20-15(21)9-11-10-19-14-6-4-3-5-12(11)14/h3-8,11,13,19H,2,9-10H2,1H3,(H,17,18)(H,20,21). The first kappa shape index (κ1) is 13.7. The maximum atomic E-state index is 12.3. The Hall–Kier alpha value is -2.30. The summed E-state index contributed by atoms with van der Waals surface area (Å²) in [6, 6.07) is 8.14. The van der Waals surface area contributed by atoms with Crippen LogP contribution < -0.4 is 10.6 Å². The van der Waals surface area contributed by atoms with Gasteiger partial charge in [0.05, 0.1) is 6.04 Å². The van der Waals surface area contributed by atoms with Gasteiger partial charge in [-0.15, -0.1) is 0 Å². The molecule has 2 unspecified atom stereocenters. The van der Waals surface area contributed by atoms with E-state index in [-0.39, 0.29) is 17.9 Å². The summed E-state index contributed by atoms with van der Waals surface area (Å²) in [5.41, 5.74) is 2.38. The highest BCUT2D eigenvalue weighted by Gasteiger charge is 2.25. The summed E-state index contributed by atoms with van der Waals surface area (Å²) in [5, 5.41) is 6.42. The third kappa shape index (κ3) is 2.91. The average Bonchev–Trinajstić information content (AvgIpc) is 3.15. The minimum atomic E-state index is -0.0443. The molecule has 5 heteroatoms. The molecule has 110 valence electrons. The second kappa shape index (κ2) is 5.99. The Balaban J connectivity index is 1.62. The fourth-order valence-corrected chi connectivity index (χ4v) is 2.85. The van der Waals surface area contributed by atoms with Crippen LogP contribution in [-0.4, -0.2) is 22.4 Å². The zero-order valence-electron chi connectivity index (χ0n) is 12.1. The predicted octanol–water partition coefficient (Wildman–Crippen LogP) is 2.58. The quantitative estimate of drug-likeness (QED) is 0.790. The monoisotopic (exact) mass is 284 g/mol. The van der Waals surface area contributed by atoms with Crippen molar-refractivity contribution in [2.75, 3.05) is 11.9 Å². The molecule has 5 nitrogen and oxygen atoms in total. The van der Waals surface area contributed by atoms with Crippen LogP contribution >= 0.6 is 0 Å². The highest BCUT2D eigenvalue weighted by atomic mass is 16.1. The van der Waals surface area contributed by atoms with Crippen LogP contribution in [0.15, 0.2) is 36.7 Å². The molecule has 0 spiro atoms. The predicted molar refractivity (Wildman–Crippen MR) is 82.1 cm³/mol. The molecule has 2 aromatic rings. The number of aromatic amines is 1. The first-order valence-corrected chi connectivity index (χ1v) is 7.39. The van der Waals surface area contributed by atoms with Crippen LogP contribution in [0.5, 0.6) is 0 Å². The van der Waals surface area contributed by atoms with E-state index in [0.29, 0.717) is 6.42 Å². The number of amides is 1. The van der Waals surface area contributed by atoms with Gasteiger partial charge < -0.3 is 15.6 Å². The van der Waals surface area contributed by atoms with E-state index in [9.17, 15) is 4.79 Å². The zero-order valence-corrected chi connectivity index (χ0v) is 12.1. The molecule has 0 radical (unpaired) electrons. The van der Waals surface area contributed by atoms with E-state index < -0.39 is 0 Å². The molecule has 0 bridgehead atoms. The topological polar surface area (TPSA) is 69.8 Å². The molecule has 1 amide bonds. The van der Waals surface area contributed by atoms with Gasteiger partial charge in [0.2, 0.25) is 5.91 Å². The van der Waals surface area contributed by atoms with Crippen LogP contribution in [0, 0.1) is 0 Å². The summed E-state index contributed by atoms with van der Waals surface area (Å²) in [6.45, 7) is 2.87. The second-order valence-electron chi connectivity index (χ2n) is 5.37. The Morgan fingerprint density at radius 2 is 2.33 bits per heavy atom. The average molecular weight is 284 g/mol. The van der Waals surface area contributed by atoms with Gasteiger partial charge in [0.25, 0.3) is 0 Å². The molecule has 3 rings (SSSR count). The fraction of sp³-hybridized carbons (Fsp3) is 0.375. The summed E-state index contributed by atoms with van der Waals surface area (Å²) < 4.78 is 0. The van der Waals surface area contributed by atoms with Crippen LogP contribution in [0.25, 0.3) is 0 Å². The van der Waals surface area contributed by atoms with E-state index in [1.807, 2.05) is 19.1 Å². The van der Waals surface area contributed by atoms with Crippen molar-refractivity contribution >= 4 is 11.6 Å². The number of carbonyl (C=O) groups is 1. The molecule has 0 aliphatic carbocycles. The second-order valence-corrected chi connectivity index (χ2v) is 5.37. The Bertz CT molecular complexity index is 608. The van der Waals surface area contributed by atoms with Gasteiger partial charge in [-0.05, 0) is 18.1 Å². The lowest BCUT2D eigenvalue weighted by Gasteiger charge is -2.16. The van der Waals surface area contributed by atoms with E-state index in [4.69, 9.17) is 0 Å². The molecule has 21 heavy (non-hydrogen) atoms. The minimum absolute atomic E-state index is 0.0443. The van der Waals surface area contributed by atoms with Crippen molar-refractivity contribution in [3.63, 3.8) is 0 Å². The first-order valence-electron chi connectivity index (χ1n) is 7.39. The molecule has 1 aliphatic heterocycles. The molecule has 3 N–H and O–H groups in total. The molecule has 1 aromatic carbocycles. The van der Waals surface area contributed by atoms with Crippen molar-refractivity contribution in [1.29, 1.82) is 0 Å². The molecule has 0 saturated carbocycles. The molecule has 0 fully saturated rings. The van der Waals surface area contributed by atoms with E-state index in [1.54, 1.807) is 12.4 Å². The third-order valence-corrected chi connectivity index (χ3v) is 3.96. The van der Waals surface area contributed by atoms with Gasteiger partial charge in [0.15, 0.2) is 0 Å². The summed E-state index contributed by atoms with van der Waals surface area (Å²) >= 11 is 0. The summed E-state index contributed by atoms with van der Waals surface area (Å²) in [4.78, 5) is 19.6. The number of hydrogen-bond donors (Lipinski definition) is 3. The number of rotatable bonds is 5. The number of H-pyrrole nitrogens is 1. The van der Waals surface area contributed by atoms with Crippen molar-refractivity contribution in [1.82, 2.24) is 15.3 Å². The smallest absolute Gasteiger partial charge is 0.221 e. The third-order valence-electron chi connectivity index (χ3n) is 3.96. The van der Waals surface area contributed by atoms with Crippen molar-refractivity contribution in [2.45, 2.75) is 31.7 Å². The van der Waals surface area contributed by atoms with Crippen LogP contribution in [-0.2, 0) is 4.79 Å². The number of carbonyl (C=O) groups excluding carboxylic acids is 1. The Labute approximate surface area is 124 Å². The van der Waals surface area contributed by atoms with Gasteiger partial charge in [-0.2, -0.15) is 0 Å². The lowest BCUT2D eigenvalue weighted by atomic mass is 9.97. The van der Waals surface area contributed by atoms with E-state index in [1.165, 1.54) is 5.56 Å². The summed E-state index contributed by atoms with van der Waals surface area (Å²) in [7, 11) is 0. The summed E-state index contributed by atoms with van der Waals surface area (Å²) in [6.07, 6.45) is 4.81.